The van der Waals surface area contributed by atoms with Gasteiger partial charge in [0.25, 0.3) is 0 Å². The number of fused-ring (bicyclic) bond motifs is 1. The molecule has 2 aromatic carbocycles. The van der Waals surface area contributed by atoms with Crippen molar-refractivity contribution in [3.8, 4) is 5.88 Å². The van der Waals surface area contributed by atoms with Gasteiger partial charge in [-0.05, 0) is 29.7 Å². The monoisotopic (exact) mass is 299 g/mol. The van der Waals surface area contributed by atoms with E-state index in [9.17, 15) is 9.90 Å². The van der Waals surface area contributed by atoms with Crippen molar-refractivity contribution in [2.45, 2.75) is 6.42 Å². The molecule has 0 aliphatic heterocycles. The van der Waals surface area contributed by atoms with Crippen molar-refractivity contribution in [3.05, 3.63) is 65.2 Å². The first kappa shape index (κ1) is 13.7. The van der Waals surface area contributed by atoms with Crippen LogP contribution in [0.3, 0.4) is 0 Å². The molecule has 0 aliphatic carbocycles. The molecule has 106 valence electrons. The third-order valence-electron chi connectivity index (χ3n) is 3.49. The number of alkyl halides is 1. The van der Waals surface area contributed by atoms with Crippen molar-refractivity contribution >= 4 is 28.3 Å². The SMILES string of the molecule is O=C(CCl)c1c(O)[nH]c2ccc(Cc3ccccc3)cc12. The molecule has 0 saturated carbocycles. The van der Waals surface area contributed by atoms with Gasteiger partial charge in [0.05, 0.1) is 11.4 Å². The molecule has 2 N–H and O–H groups in total. The minimum Gasteiger partial charge on any atom is -0.494 e. The van der Waals surface area contributed by atoms with Crippen LogP contribution in [0.15, 0.2) is 48.5 Å². The molecular weight excluding hydrogens is 286 g/mol. The smallest absolute Gasteiger partial charge is 0.200 e. The van der Waals surface area contributed by atoms with Crippen molar-refractivity contribution in [2.24, 2.45) is 0 Å². The van der Waals surface area contributed by atoms with Crippen LogP contribution < -0.4 is 0 Å². The number of aromatic hydroxyl groups is 1. The number of ketones is 1. The number of rotatable bonds is 4. The van der Waals surface area contributed by atoms with Crippen LogP contribution in [0.5, 0.6) is 5.88 Å². The van der Waals surface area contributed by atoms with E-state index in [2.05, 4.69) is 17.1 Å². The standard InChI is InChI=1S/C17H14ClNO2/c18-10-15(20)16-13-9-12(6-7-14(13)19-17(16)21)8-11-4-2-1-3-5-11/h1-7,9,19,21H,8,10H2. The Morgan fingerprint density at radius 3 is 2.57 bits per heavy atom. The zero-order valence-corrected chi connectivity index (χ0v) is 12.0. The molecule has 0 atom stereocenters. The molecule has 0 fully saturated rings. The van der Waals surface area contributed by atoms with Gasteiger partial charge in [0.15, 0.2) is 5.78 Å². The first-order valence-corrected chi connectivity index (χ1v) is 7.19. The molecule has 0 radical (unpaired) electrons. The van der Waals surface area contributed by atoms with E-state index in [0.29, 0.717) is 5.39 Å². The molecule has 0 aliphatic rings. The predicted molar refractivity (Wildman–Crippen MR) is 84.3 cm³/mol. The van der Waals surface area contributed by atoms with Gasteiger partial charge in [0, 0.05) is 10.9 Å². The molecule has 0 spiro atoms. The molecule has 0 unspecified atom stereocenters. The third-order valence-corrected chi connectivity index (χ3v) is 3.74. The topological polar surface area (TPSA) is 53.1 Å². The molecular formula is C17H14ClNO2. The van der Waals surface area contributed by atoms with Gasteiger partial charge in [-0.2, -0.15) is 0 Å². The number of hydrogen-bond donors (Lipinski definition) is 2. The maximum absolute atomic E-state index is 11.9. The van der Waals surface area contributed by atoms with Crippen LogP contribution in [-0.4, -0.2) is 21.8 Å². The summed E-state index contributed by atoms with van der Waals surface area (Å²) in [6.45, 7) is 0. The molecule has 3 nitrogen and oxygen atoms in total. The molecule has 0 amide bonds. The van der Waals surface area contributed by atoms with E-state index in [1.807, 2.05) is 36.4 Å². The number of carbonyl (C=O) groups excluding carboxylic acids is 1. The van der Waals surface area contributed by atoms with Crippen molar-refractivity contribution in [1.82, 2.24) is 4.98 Å². The highest BCUT2D eigenvalue weighted by molar-refractivity contribution is 6.32. The maximum Gasteiger partial charge on any atom is 0.200 e. The number of aromatic amines is 1. The van der Waals surface area contributed by atoms with E-state index in [1.54, 1.807) is 0 Å². The molecule has 1 heterocycles. The van der Waals surface area contributed by atoms with Crippen LogP contribution in [0.2, 0.25) is 0 Å². The van der Waals surface area contributed by atoms with Gasteiger partial charge in [0.1, 0.15) is 0 Å². The fraction of sp³-hybridized carbons (Fsp3) is 0.118. The highest BCUT2D eigenvalue weighted by Gasteiger charge is 2.17. The van der Waals surface area contributed by atoms with Gasteiger partial charge in [-0.1, -0.05) is 36.4 Å². The Bertz CT molecular complexity index is 793. The Labute approximate surface area is 127 Å². The number of H-pyrrole nitrogens is 1. The lowest BCUT2D eigenvalue weighted by Crippen LogP contribution is -1.99. The van der Waals surface area contributed by atoms with E-state index in [0.717, 1.165) is 17.5 Å². The van der Waals surface area contributed by atoms with Gasteiger partial charge in [-0.3, -0.25) is 4.79 Å². The summed E-state index contributed by atoms with van der Waals surface area (Å²) in [4.78, 5) is 14.7. The molecule has 0 bridgehead atoms. The fourth-order valence-electron chi connectivity index (χ4n) is 2.52. The van der Waals surface area contributed by atoms with Gasteiger partial charge in [0.2, 0.25) is 5.88 Å². The Kier molecular flexibility index (Phi) is 3.67. The fourth-order valence-corrected chi connectivity index (χ4v) is 2.65. The van der Waals surface area contributed by atoms with Crippen LogP contribution >= 0.6 is 11.6 Å². The first-order valence-electron chi connectivity index (χ1n) is 6.65. The van der Waals surface area contributed by atoms with E-state index < -0.39 is 0 Å². The average Bonchev–Trinajstić information content (AvgIpc) is 2.83. The van der Waals surface area contributed by atoms with Gasteiger partial charge in [-0.25, -0.2) is 0 Å². The van der Waals surface area contributed by atoms with Crippen LogP contribution in [0.4, 0.5) is 0 Å². The van der Waals surface area contributed by atoms with Gasteiger partial charge in [-0.15, -0.1) is 11.6 Å². The van der Waals surface area contributed by atoms with Gasteiger partial charge < -0.3 is 10.1 Å². The van der Waals surface area contributed by atoms with E-state index in [-0.39, 0.29) is 23.1 Å². The summed E-state index contributed by atoms with van der Waals surface area (Å²) < 4.78 is 0. The second-order valence-corrected chi connectivity index (χ2v) is 5.21. The predicted octanol–water partition coefficient (Wildman–Crippen LogP) is 3.89. The molecule has 3 rings (SSSR count). The average molecular weight is 300 g/mol. The lowest BCUT2D eigenvalue weighted by atomic mass is 10.0. The normalized spacial score (nSPS) is 10.9. The number of carbonyl (C=O) groups is 1. The van der Waals surface area contributed by atoms with Crippen molar-refractivity contribution in [3.63, 3.8) is 0 Å². The van der Waals surface area contributed by atoms with Crippen molar-refractivity contribution in [1.29, 1.82) is 0 Å². The number of aromatic nitrogens is 1. The summed E-state index contributed by atoms with van der Waals surface area (Å²) in [5.74, 6) is -0.548. The highest BCUT2D eigenvalue weighted by Crippen LogP contribution is 2.29. The number of halogens is 1. The third kappa shape index (κ3) is 2.65. The van der Waals surface area contributed by atoms with Crippen LogP contribution in [0.25, 0.3) is 10.9 Å². The van der Waals surface area contributed by atoms with E-state index in [1.165, 1.54) is 5.56 Å². The molecule has 3 aromatic rings. The lowest BCUT2D eigenvalue weighted by Gasteiger charge is -2.03. The molecule has 21 heavy (non-hydrogen) atoms. The Morgan fingerprint density at radius 1 is 1.10 bits per heavy atom. The number of nitrogens with one attached hydrogen (secondary N) is 1. The van der Waals surface area contributed by atoms with Crippen molar-refractivity contribution < 1.29 is 9.90 Å². The first-order chi connectivity index (χ1) is 10.2. The van der Waals surface area contributed by atoms with E-state index >= 15 is 0 Å². The molecule has 1 aromatic heterocycles. The Morgan fingerprint density at radius 2 is 1.86 bits per heavy atom. The number of benzene rings is 2. The highest BCUT2D eigenvalue weighted by atomic mass is 35.5. The Hall–Kier alpha value is -2.26. The van der Waals surface area contributed by atoms with Crippen LogP contribution in [0.1, 0.15) is 21.5 Å². The second kappa shape index (κ2) is 5.62. The van der Waals surface area contributed by atoms with Gasteiger partial charge >= 0.3 is 0 Å². The van der Waals surface area contributed by atoms with E-state index in [4.69, 9.17) is 11.6 Å². The summed E-state index contributed by atoms with van der Waals surface area (Å²) in [6.07, 6.45) is 0.775. The number of Topliss-reactive ketones (excluding diaryl/α,β-unsaturated/α-hetero) is 1. The summed E-state index contributed by atoms with van der Waals surface area (Å²) in [5, 5.41) is 10.6. The maximum atomic E-state index is 11.9. The minimum atomic E-state index is -0.280. The quantitative estimate of drug-likeness (QED) is 0.567. The summed E-state index contributed by atoms with van der Waals surface area (Å²) >= 11 is 5.61. The number of hydrogen-bond acceptors (Lipinski definition) is 2. The Balaban J connectivity index is 2.04. The largest absolute Gasteiger partial charge is 0.494 e. The molecule has 4 heteroatoms. The van der Waals surface area contributed by atoms with Crippen molar-refractivity contribution in [2.75, 3.05) is 5.88 Å². The molecule has 0 saturated heterocycles. The zero-order chi connectivity index (χ0) is 14.8. The van der Waals surface area contributed by atoms with Crippen LogP contribution in [-0.2, 0) is 6.42 Å². The zero-order valence-electron chi connectivity index (χ0n) is 11.3. The summed E-state index contributed by atoms with van der Waals surface area (Å²) in [7, 11) is 0. The van der Waals surface area contributed by atoms with Crippen LogP contribution in [0, 0.1) is 0 Å². The summed E-state index contributed by atoms with van der Waals surface area (Å²) in [6, 6.07) is 15.9. The lowest BCUT2D eigenvalue weighted by molar-refractivity contribution is 0.102. The minimum absolute atomic E-state index is 0.118. The second-order valence-electron chi connectivity index (χ2n) is 4.95. The summed E-state index contributed by atoms with van der Waals surface area (Å²) in [5.41, 5.74) is 3.28.